The fourth-order valence-electron chi connectivity index (χ4n) is 1.77. The van der Waals surface area contributed by atoms with E-state index >= 15 is 0 Å². The van der Waals surface area contributed by atoms with E-state index in [1.807, 2.05) is 5.38 Å². The summed E-state index contributed by atoms with van der Waals surface area (Å²) in [7, 11) is 4.16. The summed E-state index contributed by atoms with van der Waals surface area (Å²) < 4.78 is 0. The van der Waals surface area contributed by atoms with E-state index in [0.29, 0.717) is 11.0 Å². The number of hydrogen-bond acceptors (Lipinski definition) is 6. The van der Waals surface area contributed by atoms with Crippen molar-refractivity contribution in [1.29, 1.82) is 0 Å². The minimum Gasteiger partial charge on any atom is -0.375 e. The third kappa shape index (κ3) is 3.52. The van der Waals surface area contributed by atoms with Crippen LogP contribution in [0.15, 0.2) is 5.38 Å². The first-order valence-electron chi connectivity index (χ1n) is 6.33. The molecule has 4 nitrogen and oxygen atoms in total. The van der Waals surface area contributed by atoms with Gasteiger partial charge in [0.25, 0.3) is 0 Å². The number of likely N-dealkylation sites (N-methyl/N-ethyl adjacent to an activating group) is 1. The molecule has 2 aromatic heterocycles. The maximum absolute atomic E-state index is 5.73. The lowest BCUT2D eigenvalue weighted by Crippen LogP contribution is -2.14. The quantitative estimate of drug-likeness (QED) is 0.921. The van der Waals surface area contributed by atoms with Gasteiger partial charge in [0.05, 0.1) is 21.3 Å². The van der Waals surface area contributed by atoms with Gasteiger partial charge in [-0.3, -0.25) is 0 Å². The molecule has 6 heteroatoms. The Hall–Kier alpha value is -0.980. The number of anilines is 1. The molecule has 19 heavy (non-hydrogen) atoms. The molecule has 2 heterocycles. The average Bonchev–Trinajstić information content (AvgIpc) is 2.92. The highest BCUT2D eigenvalue weighted by Gasteiger charge is 2.17. The second-order valence-corrected chi connectivity index (χ2v) is 7.07. The monoisotopic (exact) mass is 296 g/mol. The number of nitrogen functional groups attached to an aromatic ring is 1. The van der Waals surface area contributed by atoms with Gasteiger partial charge in [-0.1, -0.05) is 13.8 Å². The van der Waals surface area contributed by atoms with Crippen LogP contribution in [0.4, 0.5) is 5.13 Å². The van der Waals surface area contributed by atoms with Crippen LogP contribution in [0.1, 0.15) is 30.5 Å². The van der Waals surface area contributed by atoms with Crippen LogP contribution in [0.2, 0.25) is 0 Å². The molecule has 0 unspecified atom stereocenters. The molecule has 2 N–H and O–H groups in total. The van der Waals surface area contributed by atoms with Crippen LogP contribution in [0.5, 0.6) is 0 Å². The van der Waals surface area contributed by atoms with Crippen molar-refractivity contribution in [3.8, 4) is 10.6 Å². The highest BCUT2D eigenvalue weighted by molar-refractivity contribution is 7.16. The molecule has 104 valence electrons. The van der Waals surface area contributed by atoms with Crippen LogP contribution >= 0.6 is 22.7 Å². The van der Waals surface area contributed by atoms with Crippen LogP contribution in [0, 0.1) is 0 Å². The summed E-state index contributed by atoms with van der Waals surface area (Å²) in [5.74, 6) is 0.405. The Bertz CT molecular complexity index is 543. The number of rotatable bonds is 5. The SMILES string of the molecule is CC(C)c1nc(CCN(C)C)sc1-c1csc(N)n1. The van der Waals surface area contributed by atoms with Crippen molar-refractivity contribution in [1.82, 2.24) is 14.9 Å². The van der Waals surface area contributed by atoms with E-state index < -0.39 is 0 Å². The smallest absolute Gasteiger partial charge is 0.180 e. The summed E-state index contributed by atoms with van der Waals surface area (Å²) in [6.45, 7) is 5.36. The van der Waals surface area contributed by atoms with Gasteiger partial charge >= 0.3 is 0 Å². The minimum absolute atomic E-state index is 0.405. The zero-order chi connectivity index (χ0) is 14.0. The largest absolute Gasteiger partial charge is 0.375 e. The third-order valence-corrected chi connectivity index (χ3v) is 4.60. The normalized spacial score (nSPS) is 11.7. The van der Waals surface area contributed by atoms with Gasteiger partial charge < -0.3 is 10.6 Å². The zero-order valence-electron chi connectivity index (χ0n) is 11.8. The summed E-state index contributed by atoms with van der Waals surface area (Å²) in [5.41, 5.74) is 7.85. The maximum Gasteiger partial charge on any atom is 0.180 e. The Morgan fingerprint density at radius 3 is 2.58 bits per heavy atom. The summed E-state index contributed by atoms with van der Waals surface area (Å²) in [6.07, 6.45) is 0.983. The number of nitrogens with zero attached hydrogens (tertiary/aromatic N) is 3. The Balaban J connectivity index is 2.30. The van der Waals surface area contributed by atoms with Crippen LogP contribution < -0.4 is 5.73 Å². The van der Waals surface area contributed by atoms with Crippen LogP contribution in [0.3, 0.4) is 0 Å². The minimum atomic E-state index is 0.405. The molecule has 0 spiro atoms. The van der Waals surface area contributed by atoms with Crippen LogP contribution in [-0.2, 0) is 6.42 Å². The van der Waals surface area contributed by atoms with E-state index in [2.05, 4.69) is 37.8 Å². The van der Waals surface area contributed by atoms with Crippen molar-refractivity contribution in [2.45, 2.75) is 26.2 Å². The van der Waals surface area contributed by atoms with Gasteiger partial charge in [0.1, 0.15) is 0 Å². The second kappa shape index (κ2) is 5.98. The molecule has 0 saturated carbocycles. The van der Waals surface area contributed by atoms with Crippen molar-refractivity contribution in [3.63, 3.8) is 0 Å². The Morgan fingerprint density at radius 1 is 1.32 bits per heavy atom. The van der Waals surface area contributed by atoms with Crippen molar-refractivity contribution in [2.24, 2.45) is 0 Å². The molecule has 0 atom stereocenters. The third-order valence-electron chi connectivity index (χ3n) is 2.77. The van der Waals surface area contributed by atoms with Crippen molar-refractivity contribution in [2.75, 3.05) is 26.4 Å². The number of nitrogens with two attached hydrogens (primary N) is 1. The number of thiazole rings is 2. The first kappa shape index (κ1) is 14.4. The number of aromatic nitrogens is 2. The van der Waals surface area contributed by atoms with E-state index in [1.54, 1.807) is 11.3 Å². The molecule has 0 bridgehead atoms. The van der Waals surface area contributed by atoms with E-state index in [1.165, 1.54) is 21.2 Å². The Labute approximate surface area is 122 Å². The summed E-state index contributed by atoms with van der Waals surface area (Å²) in [4.78, 5) is 12.5. The fourth-order valence-corrected chi connectivity index (χ4v) is 3.57. The molecular weight excluding hydrogens is 276 g/mol. The molecular formula is C13H20N4S2. The van der Waals surface area contributed by atoms with Crippen molar-refractivity contribution in [3.05, 3.63) is 16.1 Å². The summed E-state index contributed by atoms with van der Waals surface area (Å²) >= 11 is 3.23. The molecule has 0 aromatic carbocycles. The average molecular weight is 296 g/mol. The van der Waals surface area contributed by atoms with Crippen molar-refractivity contribution >= 4 is 27.8 Å². The highest BCUT2D eigenvalue weighted by Crippen LogP contribution is 2.35. The maximum atomic E-state index is 5.73. The van der Waals surface area contributed by atoms with Gasteiger partial charge in [0.15, 0.2) is 5.13 Å². The predicted molar refractivity (Wildman–Crippen MR) is 84.0 cm³/mol. The lowest BCUT2D eigenvalue weighted by Gasteiger charge is -2.06. The van der Waals surface area contributed by atoms with E-state index in [4.69, 9.17) is 10.7 Å². The molecule has 0 amide bonds. The standard InChI is InChI=1S/C13H20N4S2/c1-8(2)11-12(9-7-18-13(14)15-9)19-10(16-11)5-6-17(3)4/h7-8H,5-6H2,1-4H3,(H2,14,15). The first-order valence-corrected chi connectivity index (χ1v) is 8.02. The summed E-state index contributed by atoms with van der Waals surface area (Å²) in [6, 6.07) is 0. The Morgan fingerprint density at radius 2 is 2.05 bits per heavy atom. The molecule has 0 aliphatic carbocycles. The number of hydrogen-bond donors (Lipinski definition) is 1. The molecule has 0 saturated heterocycles. The Kier molecular flexibility index (Phi) is 4.54. The topological polar surface area (TPSA) is 55.0 Å². The zero-order valence-corrected chi connectivity index (χ0v) is 13.4. The fraction of sp³-hybridized carbons (Fsp3) is 0.538. The van der Waals surface area contributed by atoms with Crippen LogP contribution in [0.25, 0.3) is 10.6 Å². The van der Waals surface area contributed by atoms with Crippen molar-refractivity contribution < 1.29 is 0 Å². The lowest BCUT2D eigenvalue weighted by molar-refractivity contribution is 0.413. The first-order chi connectivity index (χ1) is 8.97. The van der Waals surface area contributed by atoms with Gasteiger partial charge in [-0.25, -0.2) is 9.97 Å². The van der Waals surface area contributed by atoms with E-state index in [0.717, 1.165) is 24.4 Å². The molecule has 0 aliphatic heterocycles. The van der Waals surface area contributed by atoms with Gasteiger partial charge in [0.2, 0.25) is 0 Å². The summed E-state index contributed by atoms with van der Waals surface area (Å²) in [5, 5.41) is 3.82. The van der Waals surface area contributed by atoms with E-state index in [9.17, 15) is 0 Å². The molecule has 2 aromatic rings. The molecule has 0 aliphatic rings. The van der Waals surface area contributed by atoms with Gasteiger partial charge in [-0.15, -0.1) is 22.7 Å². The lowest BCUT2D eigenvalue weighted by atomic mass is 10.1. The highest BCUT2D eigenvalue weighted by atomic mass is 32.1. The molecule has 0 fully saturated rings. The molecule has 0 radical (unpaired) electrons. The van der Waals surface area contributed by atoms with Crippen LogP contribution in [-0.4, -0.2) is 35.5 Å². The van der Waals surface area contributed by atoms with E-state index in [-0.39, 0.29) is 0 Å². The predicted octanol–water partition coefficient (Wildman–Crippen LogP) is 3.08. The second-order valence-electron chi connectivity index (χ2n) is 5.10. The van der Waals surface area contributed by atoms with Gasteiger partial charge in [-0.2, -0.15) is 0 Å². The molecule has 2 rings (SSSR count). The van der Waals surface area contributed by atoms with Gasteiger partial charge in [0, 0.05) is 18.3 Å². The van der Waals surface area contributed by atoms with Gasteiger partial charge in [-0.05, 0) is 20.0 Å².